The van der Waals surface area contributed by atoms with Crippen molar-refractivity contribution in [3.63, 3.8) is 0 Å². The maximum Gasteiger partial charge on any atom is 0.0314 e. The predicted octanol–water partition coefficient (Wildman–Crippen LogP) is 6.93. The van der Waals surface area contributed by atoms with Gasteiger partial charge in [-0.1, -0.05) is 69.7 Å². The summed E-state index contributed by atoms with van der Waals surface area (Å²) in [6, 6.07) is 17.2. The molecule has 0 unspecified atom stereocenters. The molecule has 2 nitrogen and oxygen atoms in total. The van der Waals surface area contributed by atoms with Crippen molar-refractivity contribution in [3.05, 3.63) is 59.7 Å². The van der Waals surface area contributed by atoms with E-state index in [0.717, 1.165) is 29.1 Å². The number of hydrogen-bond acceptors (Lipinski definition) is 2. The van der Waals surface area contributed by atoms with E-state index in [0.29, 0.717) is 0 Å². The molecule has 0 aliphatic heterocycles. The molecule has 4 N–H and O–H groups in total. The van der Waals surface area contributed by atoms with E-state index in [4.69, 9.17) is 11.5 Å². The van der Waals surface area contributed by atoms with E-state index < -0.39 is 0 Å². The number of anilines is 2. The first-order valence-electron chi connectivity index (χ1n) is 11.8. The molecule has 0 heterocycles. The Labute approximate surface area is 177 Å². The van der Waals surface area contributed by atoms with Gasteiger partial charge in [0, 0.05) is 16.8 Å². The van der Waals surface area contributed by atoms with Crippen LogP contribution in [-0.2, 0) is 5.41 Å². The molecule has 2 aliphatic carbocycles. The van der Waals surface area contributed by atoms with Gasteiger partial charge in [0.05, 0.1) is 0 Å². The van der Waals surface area contributed by atoms with E-state index in [1.807, 2.05) is 0 Å². The molecule has 0 atom stereocenters. The fourth-order valence-corrected chi connectivity index (χ4v) is 5.90. The SMILES string of the molecule is CC1CCC(CCC2CCC(c3ccc(N)cc3)(c3ccc(N)cc3)CC2)CC1. The van der Waals surface area contributed by atoms with Crippen LogP contribution in [0.5, 0.6) is 0 Å². The van der Waals surface area contributed by atoms with E-state index in [1.54, 1.807) is 0 Å². The second-order valence-corrected chi connectivity index (χ2v) is 9.97. The van der Waals surface area contributed by atoms with Crippen LogP contribution >= 0.6 is 0 Å². The number of rotatable bonds is 5. The van der Waals surface area contributed by atoms with Gasteiger partial charge in [0.2, 0.25) is 0 Å². The maximum absolute atomic E-state index is 5.98. The lowest BCUT2D eigenvalue weighted by Gasteiger charge is -2.42. The Morgan fingerprint density at radius 3 is 1.52 bits per heavy atom. The van der Waals surface area contributed by atoms with Gasteiger partial charge in [-0.05, 0) is 78.8 Å². The van der Waals surface area contributed by atoms with Gasteiger partial charge in [0.15, 0.2) is 0 Å². The Morgan fingerprint density at radius 1 is 0.655 bits per heavy atom. The second kappa shape index (κ2) is 8.81. The summed E-state index contributed by atoms with van der Waals surface area (Å²) in [4.78, 5) is 0. The summed E-state index contributed by atoms with van der Waals surface area (Å²) >= 11 is 0. The van der Waals surface area contributed by atoms with E-state index in [2.05, 4.69) is 55.5 Å². The molecule has 2 fully saturated rings. The Morgan fingerprint density at radius 2 is 1.07 bits per heavy atom. The quantitative estimate of drug-likeness (QED) is 0.544. The average Bonchev–Trinajstić information content (AvgIpc) is 2.75. The second-order valence-electron chi connectivity index (χ2n) is 9.97. The molecule has 29 heavy (non-hydrogen) atoms. The fraction of sp³-hybridized carbons (Fsp3) is 0.556. The van der Waals surface area contributed by atoms with Gasteiger partial charge >= 0.3 is 0 Å². The highest BCUT2D eigenvalue weighted by atomic mass is 14.5. The summed E-state index contributed by atoms with van der Waals surface area (Å²) < 4.78 is 0. The van der Waals surface area contributed by atoms with Crippen LogP contribution in [0.15, 0.2) is 48.5 Å². The molecule has 2 heteroatoms. The van der Waals surface area contributed by atoms with Crippen molar-refractivity contribution in [2.24, 2.45) is 17.8 Å². The Balaban J connectivity index is 1.45. The Kier molecular flexibility index (Phi) is 6.18. The van der Waals surface area contributed by atoms with Gasteiger partial charge in [-0.15, -0.1) is 0 Å². The van der Waals surface area contributed by atoms with Crippen LogP contribution in [0, 0.1) is 17.8 Å². The molecule has 4 rings (SSSR count). The largest absolute Gasteiger partial charge is 0.399 e. The molecule has 0 spiro atoms. The first-order valence-corrected chi connectivity index (χ1v) is 11.8. The zero-order valence-corrected chi connectivity index (χ0v) is 18.1. The molecule has 156 valence electrons. The lowest BCUT2D eigenvalue weighted by Crippen LogP contribution is -2.33. The van der Waals surface area contributed by atoms with Crippen LogP contribution in [-0.4, -0.2) is 0 Å². The first-order chi connectivity index (χ1) is 14.0. The van der Waals surface area contributed by atoms with Gasteiger partial charge in [-0.3, -0.25) is 0 Å². The number of benzene rings is 2. The fourth-order valence-electron chi connectivity index (χ4n) is 5.90. The molecule has 2 aromatic rings. The maximum atomic E-state index is 5.98. The summed E-state index contributed by atoms with van der Waals surface area (Å²) in [5, 5.41) is 0. The smallest absolute Gasteiger partial charge is 0.0314 e. The third-order valence-electron chi connectivity index (χ3n) is 8.00. The van der Waals surface area contributed by atoms with Crippen molar-refractivity contribution in [1.82, 2.24) is 0 Å². The predicted molar refractivity (Wildman–Crippen MR) is 125 cm³/mol. The van der Waals surface area contributed by atoms with E-state index in [-0.39, 0.29) is 5.41 Å². The van der Waals surface area contributed by atoms with Gasteiger partial charge in [-0.2, -0.15) is 0 Å². The lowest BCUT2D eigenvalue weighted by molar-refractivity contribution is 0.218. The minimum Gasteiger partial charge on any atom is -0.399 e. The van der Waals surface area contributed by atoms with Crippen LogP contribution in [0.3, 0.4) is 0 Å². The Bertz CT molecular complexity index is 714. The number of nitrogens with two attached hydrogens (primary N) is 2. The van der Waals surface area contributed by atoms with E-state index >= 15 is 0 Å². The summed E-state index contributed by atoms with van der Waals surface area (Å²) in [6.45, 7) is 2.42. The van der Waals surface area contributed by atoms with Gasteiger partial charge in [0.1, 0.15) is 0 Å². The zero-order chi connectivity index (χ0) is 20.3. The lowest BCUT2D eigenvalue weighted by atomic mass is 9.62. The summed E-state index contributed by atoms with van der Waals surface area (Å²) in [5.74, 6) is 2.85. The third-order valence-corrected chi connectivity index (χ3v) is 8.00. The normalized spacial score (nSPS) is 25.0. The number of nitrogen functional groups attached to an aromatic ring is 2. The third kappa shape index (κ3) is 4.63. The van der Waals surface area contributed by atoms with Crippen molar-refractivity contribution < 1.29 is 0 Å². The van der Waals surface area contributed by atoms with E-state index in [1.165, 1.54) is 75.3 Å². The van der Waals surface area contributed by atoms with Crippen molar-refractivity contribution in [3.8, 4) is 0 Å². The molecule has 0 aromatic heterocycles. The summed E-state index contributed by atoms with van der Waals surface area (Å²) in [7, 11) is 0. The molecule has 0 radical (unpaired) electrons. The minimum absolute atomic E-state index is 0.109. The molecule has 0 saturated heterocycles. The minimum atomic E-state index is 0.109. The van der Waals surface area contributed by atoms with Crippen molar-refractivity contribution >= 4 is 11.4 Å². The Hall–Kier alpha value is -1.96. The first kappa shape index (κ1) is 20.3. The van der Waals surface area contributed by atoms with Gasteiger partial charge < -0.3 is 11.5 Å². The molecular formula is C27H38N2. The van der Waals surface area contributed by atoms with Crippen molar-refractivity contribution in [2.45, 2.75) is 76.5 Å². The highest BCUT2D eigenvalue weighted by Crippen LogP contribution is 2.48. The van der Waals surface area contributed by atoms with Crippen LogP contribution in [0.1, 0.15) is 82.3 Å². The molecule has 0 bridgehead atoms. The van der Waals surface area contributed by atoms with E-state index in [9.17, 15) is 0 Å². The molecular weight excluding hydrogens is 352 g/mol. The monoisotopic (exact) mass is 390 g/mol. The molecule has 2 aromatic carbocycles. The molecule has 0 amide bonds. The number of hydrogen-bond donors (Lipinski definition) is 2. The van der Waals surface area contributed by atoms with Crippen LogP contribution in [0.25, 0.3) is 0 Å². The van der Waals surface area contributed by atoms with Crippen molar-refractivity contribution in [1.29, 1.82) is 0 Å². The van der Waals surface area contributed by atoms with Crippen molar-refractivity contribution in [2.75, 3.05) is 11.5 Å². The van der Waals surface area contributed by atoms with Gasteiger partial charge in [-0.25, -0.2) is 0 Å². The van der Waals surface area contributed by atoms with Crippen LogP contribution < -0.4 is 11.5 Å². The zero-order valence-electron chi connectivity index (χ0n) is 18.1. The highest BCUT2D eigenvalue weighted by Gasteiger charge is 2.38. The summed E-state index contributed by atoms with van der Waals surface area (Å²) in [5.41, 5.74) is 16.6. The average molecular weight is 391 g/mol. The van der Waals surface area contributed by atoms with Crippen LogP contribution in [0.2, 0.25) is 0 Å². The standard InChI is InChI=1S/C27H38N2/c1-20-2-4-21(5-3-20)6-7-22-16-18-27(19-17-22,23-8-12-25(28)13-9-23)24-10-14-26(29)15-11-24/h8-15,20-22H,2-7,16-19,28-29H2,1H3. The highest BCUT2D eigenvalue weighted by molar-refractivity contribution is 5.49. The molecule has 2 saturated carbocycles. The van der Waals surface area contributed by atoms with Gasteiger partial charge in [0.25, 0.3) is 0 Å². The summed E-state index contributed by atoms with van der Waals surface area (Å²) in [6.07, 6.45) is 13.8. The topological polar surface area (TPSA) is 52.0 Å². The molecule has 2 aliphatic rings. The van der Waals surface area contributed by atoms with Crippen LogP contribution in [0.4, 0.5) is 11.4 Å².